The Kier molecular flexibility index (Phi) is 5.05. The number of hydrogen-bond acceptors (Lipinski definition) is 5. The predicted octanol–water partition coefficient (Wildman–Crippen LogP) is 4.80. The average Bonchev–Trinajstić information content (AvgIpc) is 3.12. The van der Waals surface area contributed by atoms with Gasteiger partial charge in [0.25, 0.3) is 0 Å². The average molecular weight is 369 g/mol. The molecule has 0 aliphatic rings. The molecule has 0 bridgehead atoms. The summed E-state index contributed by atoms with van der Waals surface area (Å²) in [5.74, 6) is 2.48. The number of carbonyl (C=O) groups is 1. The molecule has 1 aromatic carbocycles. The Morgan fingerprint density at radius 3 is 2.54 bits per heavy atom. The van der Waals surface area contributed by atoms with Gasteiger partial charge in [0.15, 0.2) is 16.8 Å². The first-order valence-electron chi connectivity index (χ1n) is 8.48. The number of Topliss-reactive ketones (excluding diaryl/α,β-unsaturated/α-hetero) is 1. The summed E-state index contributed by atoms with van der Waals surface area (Å²) >= 11 is 1.63. The first kappa shape index (κ1) is 18.5. The van der Waals surface area contributed by atoms with Crippen LogP contribution in [0.2, 0.25) is 0 Å². The molecule has 6 heteroatoms. The van der Waals surface area contributed by atoms with Crippen LogP contribution >= 0.6 is 11.8 Å². The number of ketones is 1. The third-order valence-electron chi connectivity index (χ3n) is 4.76. The van der Waals surface area contributed by atoms with Crippen LogP contribution in [0.5, 0.6) is 0 Å². The molecule has 0 aliphatic carbocycles. The molecule has 0 saturated heterocycles. The van der Waals surface area contributed by atoms with Crippen molar-refractivity contribution in [3.8, 4) is 11.4 Å². The van der Waals surface area contributed by atoms with E-state index in [1.165, 1.54) is 11.1 Å². The van der Waals surface area contributed by atoms with Crippen molar-refractivity contribution >= 4 is 17.5 Å². The zero-order chi connectivity index (χ0) is 19.0. The Labute approximate surface area is 157 Å². The summed E-state index contributed by atoms with van der Waals surface area (Å²) in [5.41, 5.74) is 6.28. The molecule has 0 radical (unpaired) electrons. The van der Waals surface area contributed by atoms with Gasteiger partial charge in [-0.1, -0.05) is 17.8 Å². The minimum absolute atomic E-state index is 0.114. The van der Waals surface area contributed by atoms with Crippen LogP contribution in [-0.4, -0.2) is 20.5 Å². The molecule has 0 spiro atoms. The fraction of sp³-hybridized carbons (Fsp3) is 0.350. The number of thioether (sulfide) groups is 1. The van der Waals surface area contributed by atoms with Crippen molar-refractivity contribution in [3.63, 3.8) is 0 Å². The molecule has 0 atom stereocenters. The van der Waals surface area contributed by atoms with Crippen LogP contribution in [0.4, 0.5) is 0 Å². The lowest BCUT2D eigenvalue weighted by atomic mass is 9.92. The molecule has 0 unspecified atom stereocenters. The quantitative estimate of drug-likeness (QED) is 0.477. The van der Waals surface area contributed by atoms with Crippen LogP contribution in [0.15, 0.2) is 28.0 Å². The number of aromatic nitrogens is 3. The van der Waals surface area contributed by atoms with Gasteiger partial charge in [-0.05, 0) is 62.9 Å². The van der Waals surface area contributed by atoms with Crippen molar-refractivity contribution in [1.82, 2.24) is 14.8 Å². The number of rotatable bonds is 5. The molecule has 5 nitrogen and oxygen atoms in total. The minimum Gasteiger partial charge on any atom is -0.469 e. The van der Waals surface area contributed by atoms with Crippen LogP contribution in [0.3, 0.4) is 0 Å². The second-order valence-corrected chi connectivity index (χ2v) is 7.53. The van der Waals surface area contributed by atoms with Crippen molar-refractivity contribution in [2.45, 2.75) is 45.5 Å². The molecule has 0 fully saturated rings. The van der Waals surface area contributed by atoms with Gasteiger partial charge in [-0.2, -0.15) is 0 Å². The lowest BCUT2D eigenvalue weighted by Crippen LogP contribution is -2.05. The van der Waals surface area contributed by atoms with Gasteiger partial charge in [0, 0.05) is 18.4 Å². The van der Waals surface area contributed by atoms with Gasteiger partial charge in [-0.25, -0.2) is 0 Å². The highest BCUT2D eigenvalue weighted by Gasteiger charge is 2.17. The fourth-order valence-corrected chi connectivity index (χ4v) is 4.52. The lowest BCUT2D eigenvalue weighted by Gasteiger charge is -2.15. The molecule has 2 aromatic heterocycles. The molecular formula is C20H23N3O2S. The summed E-state index contributed by atoms with van der Waals surface area (Å²) in [7, 11) is 1.96. The van der Waals surface area contributed by atoms with E-state index in [0.717, 1.165) is 44.7 Å². The van der Waals surface area contributed by atoms with Gasteiger partial charge in [0.2, 0.25) is 0 Å². The monoisotopic (exact) mass is 369 g/mol. The maximum absolute atomic E-state index is 12.0. The van der Waals surface area contributed by atoms with E-state index in [2.05, 4.69) is 23.2 Å². The molecule has 136 valence electrons. The van der Waals surface area contributed by atoms with E-state index < -0.39 is 0 Å². The molecule has 26 heavy (non-hydrogen) atoms. The SMILES string of the molecule is CC(=O)c1c(C)cc(C)c(CSc2nnc(-c3ccoc3C)n2C)c1C. The van der Waals surface area contributed by atoms with Crippen molar-refractivity contribution in [1.29, 1.82) is 0 Å². The summed E-state index contributed by atoms with van der Waals surface area (Å²) < 4.78 is 7.35. The molecule has 3 aromatic rings. The standard InChI is InChI=1S/C20H23N3O2S/c1-11-9-12(2)18(14(4)24)13(3)17(11)10-26-20-22-21-19(23(20)6)16-7-8-25-15(16)5/h7-9H,10H2,1-6H3. The molecule has 3 rings (SSSR count). The molecule has 0 aliphatic heterocycles. The number of aryl methyl sites for hydroxylation is 3. The molecule has 0 amide bonds. The van der Waals surface area contributed by atoms with Crippen LogP contribution in [-0.2, 0) is 12.8 Å². The highest BCUT2D eigenvalue weighted by molar-refractivity contribution is 7.98. The maximum Gasteiger partial charge on any atom is 0.191 e. The number of benzene rings is 1. The third kappa shape index (κ3) is 3.21. The number of nitrogens with zero attached hydrogens (tertiary/aromatic N) is 3. The summed E-state index contributed by atoms with van der Waals surface area (Å²) in [4.78, 5) is 12.0. The Morgan fingerprint density at radius 1 is 1.19 bits per heavy atom. The van der Waals surface area contributed by atoms with E-state index in [9.17, 15) is 4.79 Å². The highest BCUT2D eigenvalue weighted by atomic mass is 32.2. The third-order valence-corrected chi connectivity index (χ3v) is 5.81. The number of hydrogen-bond donors (Lipinski definition) is 0. The zero-order valence-corrected chi connectivity index (χ0v) is 16.8. The van der Waals surface area contributed by atoms with Crippen LogP contribution in [0.25, 0.3) is 11.4 Å². The molecular weight excluding hydrogens is 346 g/mol. The normalized spacial score (nSPS) is 11.2. The van der Waals surface area contributed by atoms with Gasteiger partial charge >= 0.3 is 0 Å². The zero-order valence-electron chi connectivity index (χ0n) is 16.0. The highest BCUT2D eigenvalue weighted by Crippen LogP contribution is 2.31. The van der Waals surface area contributed by atoms with Crippen LogP contribution in [0.1, 0.15) is 45.3 Å². The van der Waals surface area contributed by atoms with Crippen LogP contribution < -0.4 is 0 Å². The Bertz CT molecular complexity index is 985. The maximum atomic E-state index is 12.0. The second kappa shape index (κ2) is 7.11. The fourth-order valence-electron chi connectivity index (χ4n) is 3.42. The molecule has 0 saturated carbocycles. The largest absolute Gasteiger partial charge is 0.469 e. The summed E-state index contributed by atoms with van der Waals surface area (Å²) in [5, 5.41) is 9.48. The Balaban J connectivity index is 1.89. The Morgan fingerprint density at radius 2 is 1.92 bits per heavy atom. The number of carbonyl (C=O) groups excluding carboxylic acids is 1. The van der Waals surface area contributed by atoms with Crippen LogP contribution in [0, 0.1) is 27.7 Å². The van der Waals surface area contributed by atoms with Crippen molar-refractivity contribution < 1.29 is 9.21 Å². The van der Waals surface area contributed by atoms with E-state index in [0.29, 0.717) is 0 Å². The van der Waals surface area contributed by atoms with Gasteiger partial charge in [-0.3, -0.25) is 4.79 Å². The van der Waals surface area contributed by atoms with Gasteiger partial charge in [0.05, 0.1) is 11.8 Å². The Hall–Kier alpha value is -2.34. The topological polar surface area (TPSA) is 60.9 Å². The van der Waals surface area contributed by atoms with Crippen molar-refractivity contribution in [2.24, 2.45) is 7.05 Å². The summed E-state index contributed by atoms with van der Waals surface area (Å²) in [6.07, 6.45) is 1.66. The van der Waals surface area contributed by atoms with E-state index in [-0.39, 0.29) is 5.78 Å². The smallest absolute Gasteiger partial charge is 0.191 e. The number of furan rings is 1. The van der Waals surface area contributed by atoms with E-state index in [4.69, 9.17) is 4.42 Å². The van der Waals surface area contributed by atoms with E-state index in [1.807, 2.05) is 38.5 Å². The van der Waals surface area contributed by atoms with Gasteiger partial charge in [-0.15, -0.1) is 10.2 Å². The molecule has 0 N–H and O–H groups in total. The summed E-state index contributed by atoms with van der Waals surface area (Å²) in [6.45, 7) is 9.67. The summed E-state index contributed by atoms with van der Waals surface area (Å²) in [6, 6.07) is 4.00. The van der Waals surface area contributed by atoms with Crippen molar-refractivity contribution in [3.05, 3.63) is 52.0 Å². The van der Waals surface area contributed by atoms with Gasteiger partial charge in [0.1, 0.15) is 5.76 Å². The minimum atomic E-state index is 0.114. The van der Waals surface area contributed by atoms with E-state index >= 15 is 0 Å². The first-order chi connectivity index (χ1) is 12.3. The molecule has 2 heterocycles. The second-order valence-electron chi connectivity index (χ2n) is 6.59. The predicted molar refractivity (Wildman–Crippen MR) is 104 cm³/mol. The van der Waals surface area contributed by atoms with Crippen molar-refractivity contribution in [2.75, 3.05) is 0 Å². The van der Waals surface area contributed by atoms with Gasteiger partial charge < -0.3 is 8.98 Å². The first-order valence-corrected chi connectivity index (χ1v) is 9.47. The van der Waals surface area contributed by atoms with E-state index in [1.54, 1.807) is 24.9 Å². The lowest BCUT2D eigenvalue weighted by molar-refractivity contribution is 0.101.